The Balaban J connectivity index is 2.06. The molecule has 1 aliphatic heterocycles. The molecule has 0 radical (unpaired) electrons. The van der Waals surface area contributed by atoms with Crippen molar-refractivity contribution in [3.63, 3.8) is 0 Å². The third-order valence-corrected chi connectivity index (χ3v) is 4.52. The molecule has 4 heteroatoms. The van der Waals surface area contributed by atoms with E-state index in [1.807, 2.05) is 6.07 Å². The van der Waals surface area contributed by atoms with Crippen LogP contribution in [0.25, 0.3) is 0 Å². The lowest BCUT2D eigenvalue weighted by Gasteiger charge is -2.35. The first kappa shape index (κ1) is 11.7. The first-order valence-electron chi connectivity index (χ1n) is 5.18. The van der Waals surface area contributed by atoms with Gasteiger partial charge < -0.3 is 4.74 Å². The molecule has 1 atom stereocenters. The Morgan fingerprint density at radius 3 is 2.80 bits per heavy atom. The van der Waals surface area contributed by atoms with Crippen LogP contribution in [0.4, 0.5) is 0 Å². The van der Waals surface area contributed by atoms with E-state index in [2.05, 4.69) is 6.07 Å². The number of hydrogen-bond acceptors (Lipinski definition) is 2. The molecule has 0 spiro atoms. The fourth-order valence-corrected chi connectivity index (χ4v) is 3.49. The summed E-state index contributed by atoms with van der Waals surface area (Å²) in [6, 6.07) is 4.01. The number of thiophene rings is 1. The van der Waals surface area contributed by atoms with Crippen molar-refractivity contribution in [2.24, 2.45) is 0 Å². The first-order chi connectivity index (χ1) is 7.24. The number of ether oxygens (including phenoxy) is 1. The van der Waals surface area contributed by atoms with E-state index in [1.54, 1.807) is 11.3 Å². The summed E-state index contributed by atoms with van der Waals surface area (Å²) >= 11 is 13.6. The highest BCUT2D eigenvalue weighted by atomic mass is 35.5. The molecule has 0 amide bonds. The van der Waals surface area contributed by atoms with Gasteiger partial charge in [0.05, 0.1) is 15.8 Å². The van der Waals surface area contributed by atoms with Gasteiger partial charge in [0.15, 0.2) is 0 Å². The molecule has 2 rings (SSSR count). The molecule has 1 saturated heterocycles. The van der Waals surface area contributed by atoms with Crippen molar-refractivity contribution in [2.75, 3.05) is 12.5 Å². The molecule has 84 valence electrons. The van der Waals surface area contributed by atoms with Crippen molar-refractivity contribution in [1.82, 2.24) is 0 Å². The highest BCUT2D eigenvalue weighted by molar-refractivity contribution is 7.16. The van der Waals surface area contributed by atoms with Crippen LogP contribution >= 0.6 is 34.5 Å². The van der Waals surface area contributed by atoms with Crippen molar-refractivity contribution in [3.8, 4) is 0 Å². The zero-order chi connectivity index (χ0) is 10.7. The minimum atomic E-state index is -0.145. The minimum Gasteiger partial charge on any atom is -0.373 e. The van der Waals surface area contributed by atoms with E-state index in [0.29, 0.717) is 5.88 Å². The van der Waals surface area contributed by atoms with E-state index in [4.69, 9.17) is 27.9 Å². The maximum absolute atomic E-state index is 6.04. The van der Waals surface area contributed by atoms with Gasteiger partial charge in [-0.25, -0.2) is 0 Å². The third kappa shape index (κ3) is 2.88. The largest absolute Gasteiger partial charge is 0.373 e. The topological polar surface area (TPSA) is 9.23 Å². The van der Waals surface area contributed by atoms with Crippen molar-refractivity contribution >= 4 is 34.5 Å². The first-order valence-corrected chi connectivity index (χ1v) is 6.91. The van der Waals surface area contributed by atoms with E-state index in [9.17, 15) is 0 Å². The van der Waals surface area contributed by atoms with Crippen LogP contribution in [0.3, 0.4) is 0 Å². The van der Waals surface area contributed by atoms with Gasteiger partial charge in [-0.3, -0.25) is 0 Å². The van der Waals surface area contributed by atoms with Gasteiger partial charge in [0.2, 0.25) is 0 Å². The summed E-state index contributed by atoms with van der Waals surface area (Å²) < 4.78 is 6.70. The average molecular weight is 265 g/mol. The van der Waals surface area contributed by atoms with Gasteiger partial charge in [-0.05, 0) is 31.4 Å². The number of halogens is 2. The molecule has 1 fully saturated rings. The lowest BCUT2D eigenvalue weighted by atomic mass is 9.92. The van der Waals surface area contributed by atoms with E-state index in [-0.39, 0.29) is 5.60 Å². The van der Waals surface area contributed by atoms with Gasteiger partial charge in [0.1, 0.15) is 0 Å². The van der Waals surface area contributed by atoms with Crippen LogP contribution in [0.1, 0.15) is 24.1 Å². The standard InChI is InChI=1S/C11H14Cl2OS/c12-8-11(5-1-2-6-14-11)7-9-3-4-10(13)15-9/h3-4H,1-2,5-8H2. The Morgan fingerprint density at radius 2 is 2.27 bits per heavy atom. The second-order valence-corrected chi connectivity index (χ2v) is 6.07. The Hall–Kier alpha value is 0.240. The second-order valence-electron chi connectivity index (χ2n) is 4.00. The minimum absolute atomic E-state index is 0.145. The van der Waals surface area contributed by atoms with Gasteiger partial charge in [-0.2, -0.15) is 0 Å². The molecular formula is C11H14Cl2OS. The van der Waals surface area contributed by atoms with Crippen LogP contribution in [0.5, 0.6) is 0 Å². The predicted octanol–water partition coefficient (Wildman–Crippen LogP) is 4.12. The molecule has 0 aromatic carbocycles. The summed E-state index contributed by atoms with van der Waals surface area (Å²) in [4.78, 5) is 1.27. The maximum atomic E-state index is 6.04. The molecule has 1 aliphatic rings. The Kier molecular flexibility index (Phi) is 3.94. The van der Waals surface area contributed by atoms with Crippen LogP contribution < -0.4 is 0 Å². The number of alkyl halides is 1. The molecule has 15 heavy (non-hydrogen) atoms. The molecule has 1 unspecified atom stereocenters. The highest BCUT2D eigenvalue weighted by Crippen LogP contribution is 2.33. The SMILES string of the molecule is ClCC1(Cc2ccc(Cl)s2)CCCCO1. The van der Waals surface area contributed by atoms with Gasteiger partial charge in [0, 0.05) is 17.9 Å². The monoisotopic (exact) mass is 264 g/mol. The van der Waals surface area contributed by atoms with Gasteiger partial charge >= 0.3 is 0 Å². The summed E-state index contributed by atoms with van der Waals surface area (Å²) in [6.07, 6.45) is 4.33. The zero-order valence-corrected chi connectivity index (χ0v) is 10.8. The average Bonchev–Trinajstić information content (AvgIpc) is 2.65. The Morgan fingerprint density at radius 1 is 1.40 bits per heavy atom. The number of hydrogen-bond donors (Lipinski definition) is 0. The molecule has 0 aliphatic carbocycles. The molecule has 0 N–H and O–H groups in total. The summed E-state index contributed by atoms with van der Waals surface area (Å²) in [7, 11) is 0. The normalized spacial score (nSPS) is 26.8. The van der Waals surface area contributed by atoms with E-state index >= 15 is 0 Å². The number of rotatable bonds is 3. The van der Waals surface area contributed by atoms with Crippen LogP contribution in [-0.2, 0) is 11.2 Å². The Labute approximate surface area is 104 Å². The predicted molar refractivity (Wildman–Crippen MR) is 66.3 cm³/mol. The van der Waals surface area contributed by atoms with Crippen LogP contribution in [0, 0.1) is 0 Å². The summed E-state index contributed by atoms with van der Waals surface area (Å²) in [5.74, 6) is 0.572. The van der Waals surface area contributed by atoms with Crippen molar-refractivity contribution < 1.29 is 4.74 Å². The fraction of sp³-hybridized carbons (Fsp3) is 0.636. The van der Waals surface area contributed by atoms with E-state index < -0.39 is 0 Å². The van der Waals surface area contributed by atoms with Crippen molar-refractivity contribution in [2.45, 2.75) is 31.3 Å². The second kappa shape index (κ2) is 5.05. The Bertz CT molecular complexity index is 318. The van der Waals surface area contributed by atoms with Crippen molar-refractivity contribution in [1.29, 1.82) is 0 Å². The van der Waals surface area contributed by atoms with Crippen LogP contribution in [0.2, 0.25) is 4.34 Å². The van der Waals surface area contributed by atoms with Gasteiger partial charge in [-0.1, -0.05) is 11.6 Å². The lowest BCUT2D eigenvalue weighted by Crippen LogP contribution is -2.40. The van der Waals surface area contributed by atoms with Gasteiger partial charge in [0.25, 0.3) is 0 Å². The van der Waals surface area contributed by atoms with Crippen LogP contribution in [-0.4, -0.2) is 18.1 Å². The smallest absolute Gasteiger partial charge is 0.0931 e. The molecule has 1 aromatic rings. The third-order valence-electron chi connectivity index (χ3n) is 2.80. The molecule has 1 nitrogen and oxygen atoms in total. The van der Waals surface area contributed by atoms with Crippen molar-refractivity contribution in [3.05, 3.63) is 21.3 Å². The quantitative estimate of drug-likeness (QED) is 0.747. The molecule has 1 aromatic heterocycles. The lowest BCUT2D eigenvalue weighted by molar-refractivity contribution is -0.0611. The fourth-order valence-electron chi connectivity index (χ4n) is 1.97. The van der Waals surface area contributed by atoms with Crippen LogP contribution in [0.15, 0.2) is 12.1 Å². The summed E-state index contributed by atoms with van der Waals surface area (Å²) in [6.45, 7) is 0.839. The summed E-state index contributed by atoms with van der Waals surface area (Å²) in [5.41, 5.74) is -0.145. The maximum Gasteiger partial charge on any atom is 0.0931 e. The summed E-state index contributed by atoms with van der Waals surface area (Å²) in [5, 5.41) is 0. The zero-order valence-electron chi connectivity index (χ0n) is 8.47. The molecule has 0 saturated carbocycles. The highest BCUT2D eigenvalue weighted by Gasteiger charge is 2.33. The molecule has 0 bridgehead atoms. The van der Waals surface area contributed by atoms with E-state index in [0.717, 1.165) is 30.2 Å². The van der Waals surface area contributed by atoms with Gasteiger partial charge in [-0.15, -0.1) is 22.9 Å². The molecular weight excluding hydrogens is 251 g/mol. The van der Waals surface area contributed by atoms with E-state index in [1.165, 1.54) is 11.3 Å². The molecule has 2 heterocycles.